The Morgan fingerprint density at radius 3 is 2.63 bits per heavy atom. The number of alkyl carbamates (subject to hydrolysis) is 1. The number of carbonyl (C=O) groups is 4. The second-order valence-corrected chi connectivity index (χ2v) is 9.08. The lowest BCUT2D eigenvalue weighted by molar-refractivity contribution is -0.140. The van der Waals surface area contributed by atoms with Crippen LogP contribution in [0, 0.1) is 5.92 Å². The van der Waals surface area contributed by atoms with Crippen molar-refractivity contribution >= 4 is 23.7 Å². The smallest absolute Gasteiger partial charge is 0.408 e. The predicted molar refractivity (Wildman–Crippen MR) is 129 cm³/mol. The maximum absolute atomic E-state index is 13.2. The molecule has 1 aliphatic rings. The number of Topliss-reactive ketones (excluding diaryl/α,β-unsaturated/α-hetero) is 1. The monoisotopic (exact) mass is 480 g/mol. The van der Waals surface area contributed by atoms with Crippen molar-refractivity contribution in [1.82, 2.24) is 20.9 Å². The van der Waals surface area contributed by atoms with Crippen molar-refractivity contribution in [3.63, 3.8) is 0 Å². The largest absolute Gasteiger partial charge is 0.445 e. The van der Waals surface area contributed by atoms with E-state index in [4.69, 9.17) is 4.74 Å². The van der Waals surface area contributed by atoms with E-state index in [1.807, 2.05) is 50.2 Å². The number of ketones is 1. The number of aromatic nitrogens is 1. The molecule has 2 atom stereocenters. The highest BCUT2D eigenvalue weighted by atomic mass is 16.5. The van der Waals surface area contributed by atoms with E-state index in [2.05, 4.69) is 20.9 Å². The number of hydrogen-bond acceptors (Lipinski definition) is 6. The summed E-state index contributed by atoms with van der Waals surface area (Å²) in [7, 11) is 0. The van der Waals surface area contributed by atoms with Crippen molar-refractivity contribution in [3.05, 3.63) is 65.5 Å². The summed E-state index contributed by atoms with van der Waals surface area (Å²) in [5.41, 5.74) is 2.56. The van der Waals surface area contributed by atoms with Gasteiger partial charge < -0.3 is 20.7 Å². The Morgan fingerprint density at radius 1 is 1.14 bits per heavy atom. The van der Waals surface area contributed by atoms with Gasteiger partial charge in [-0.2, -0.15) is 0 Å². The SMILES string of the molecule is CC(C)CC(NC(=O)OCc1ccccc1)C(=O)NC1Cc2cncc(c2)CCCNC(=O)C1=O. The molecular weight excluding hydrogens is 448 g/mol. The minimum Gasteiger partial charge on any atom is -0.445 e. The fourth-order valence-corrected chi connectivity index (χ4v) is 3.86. The first-order valence-electron chi connectivity index (χ1n) is 11.8. The van der Waals surface area contributed by atoms with Crippen LogP contribution in [0.15, 0.2) is 48.8 Å². The first-order chi connectivity index (χ1) is 16.8. The zero-order chi connectivity index (χ0) is 25.2. The number of benzene rings is 1. The third-order valence-electron chi connectivity index (χ3n) is 5.60. The number of hydrogen-bond donors (Lipinski definition) is 3. The number of nitrogens with zero attached hydrogens (tertiary/aromatic N) is 1. The number of amides is 3. The highest BCUT2D eigenvalue weighted by molar-refractivity contribution is 6.38. The maximum atomic E-state index is 13.2. The third kappa shape index (κ3) is 8.20. The van der Waals surface area contributed by atoms with Crippen LogP contribution in [0.3, 0.4) is 0 Å². The van der Waals surface area contributed by atoms with Gasteiger partial charge in [-0.05, 0) is 41.9 Å². The van der Waals surface area contributed by atoms with Gasteiger partial charge in [-0.3, -0.25) is 19.4 Å². The molecule has 0 saturated carbocycles. The van der Waals surface area contributed by atoms with E-state index in [-0.39, 0.29) is 18.9 Å². The van der Waals surface area contributed by atoms with Crippen LogP contribution in [0.4, 0.5) is 4.79 Å². The molecule has 1 aromatic heterocycles. The highest BCUT2D eigenvalue weighted by Gasteiger charge is 2.31. The zero-order valence-corrected chi connectivity index (χ0v) is 20.1. The van der Waals surface area contributed by atoms with E-state index >= 15 is 0 Å². The quantitative estimate of drug-likeness (QED) is 0.521. The molecule has 9 heteroatoms. The van der Waals surface area contributed by atoms with Crippen molar-refractivity contribution in [1.29, 1.82) is 0 Å². The fraction of sp³-hybridized carbons (Fsp3) is 0.423. The van der Waals surface area contributed by atoms with Gasteiger partial charge in [-0.25, -0.2) is 4.79 Å². The molecule has 1 aromatic carbocycles. The molecule has 3 amide bonds. The van der Waals surface area contributed by atoms with Crippen LogP contribution in [-0.4, -0.2) is 47.3 Å². The molecule has 0 radical (unpaired) electrons. The molecule has 186 valence electrons. The van der Waals surface area contributed by atoms with Gasteiger partial charge in [-0.15, -0.1) is 0 Å². The third-order valence-corrected chi connectivity index (χ3v) is 5.60. The van der Waals surface area contributed by atoms with Crippen LogP contribution in [0.25, 0.3) is 0 Å². The van der Waals surface area contributed by atoms with Crippen molar-refractivity contribution in [2.45, 2.75) is 58.2 Å². The first kappa shape index (κ1) is 25.9. The first-order valence-corrected chi connectivity index (χ1v) is 11.8. The second kappa shape index (κ2) is 12.6. The van der Waals surface area contributed by atoms with Gasteiger partial charge in [0, 0.05) is 25.4 Å². The molecule has 0 spiro atoms. The summed E-state index contributed by atoms with van der Waals surface area (Å²) in [6.07, 6.45) is 4.48. The van der Waals surface area contributed by atoms with Gasteiger partial charge in [0.15, 0.2) is 0 Å². The lowest BCUT2D eigenvalue weighted by Crippen LogP contribution is -2.55. The van der Waals surface area contributed by atoms with Crippen LogP contribution in [0.1, 0.15) is 43.4 Å². The van der Waals surface area contributed by atoms with E-state index < -0.39 is 35.8 Å². The summed E-state index contributed by atoms with van der Waals surface area (Å²) in [5, 5.41) is 7.90. The summed E-state index contributed by atoms with van der Waals surface area (Å²) in [6.45, 7) is 4.24. The number of pyridine rings is 1. The maximum Gasteiger partial charge on any atom is 0.408 e. The van der Waals surface area contributed by atoms with Crippen LogP contribution in [0.5, 0.6) is 0 Å². The van der Waals surface area contributed by atoms with Gasteiger partial charge in [0.2, 0.25) is 11.7 Å². The van der Waals surface area contributed by atoms with E-state index in [0.717, 1.165) is 23.1 Å². The second-order valence-electron chi connectivity index (χ2n) is 9.08. The van der Waals surface area contributed by atoms with E-state index in [1.54, 1.807) is 12.4 Å². The molecule has 2 bridgehead atoms. The molecule has 2 unspecified atom stereocenters. The molecule has 9 nitrogen and oxygen atoms in total. The van der Waals surface area contributed by atoms with Gasteiger partial charge in [0.25, 0.3) is 5.91 Å². The molecule has 35 heavy (non-hydrogen) atoms. The predicted octanol–water partition coefficient (Wildman–Crippen LogP) is 2.08. The van der Waals surface area contributed by atoms with Crippen LogP contribution in [0.2, 0.25) is 0 Å². The summed E-state index contributed by atoms with van der Waals surface area (Å²) in [6, 6.07) is 9.10. The van der Waals surface area contributed by atoms with Crippen molar-refractivity contribution in [2.24, 2.45) is 5.92 Å². The van der Waals surface area contributed by atoms with Crippen molar-refractivity contribution in [2.75, 3.05) is 6.54 Å². The summed E-state index contributed by atoms with van der Waals surface area (Å²) in [4.78, 5) is 55.1. The molecule has 0 saturated heterocycles. The number of ether oxygens (including phenoxy) is 1. The lowest BCUT2D eigenvalue weighted by Gasteiger charge is -2.23. The molecule has 2 heterocycles. The normalized spacial score (nSPS) is 17.1. The summed E-state index contributed by atoms with van der Waals surface area (Å²) in [5.74, 6) is -1.96. The molecule has 1 aliphatic heterocycles. The Balaban J connectivity index is 1.70. The average Bonchev–Trinajstić information content (AvgIpc) is 2.85. The van der Waals surface area contributed by atoms with E-state index in [1.165, 1.54) is 0 Å². The number of nitrogens with one attached hydrogen (secondary N) is 3. The minimum atomic E-state index is -1.09. The molecule has 0 aliphatic carbocycles. The topological polar surface area (TPSA) is 126 Å². The van der Waals surface area contributed by atoms with E-state index in [9.17, 15) is 19.2 Å². The van der Waals surface area contributed by atoms with Gasteiger partial charge in [0.1, 0.15) is 18.7 Å². The number of rotatable bonds is 7. The molecular formula is C26H32N4O5. The minimum absolute atomic E-state index is 0.0628. The van der Waals surface area contributed by atoms with Gasteiger partial charge in [-0.1, -0.05) is 50.2 Å². The average molecular weight is 481 g/mol. The van der Waals surface area contributed by atoms with Crippen LogP contribution < -0.4 is 16.0 Å². The Bertz CT molecular complexity index is 1040. The summed E-state index contributed by atoms with van der Waals surface area (Å²) < 4.78 is 5.26. The number of aryl methyl sites for hydroxylation is 1. The van der Waals surface area contributed by atoms with Crippen LogP contribution in [-0.2, 0) is 38.6 Å². The van der Waals surface area contributed by atoms with Gasteiger partial charge in [0.05, 0.1) is 0 Å². The molecule has 3 N–H and O–H groups in total. The lowest BCUT2D eigenvalue weighted by atomic mass is 9.99. The molecule has 3 rings (SSSR count). The van der Waals surface area contributed by atoms with Crippen molar-refractivity contribution < 1.29 is 23.9 Å². The van der Waals surface area contributed by atoms with Gasteiger partial charge >= 0.3 is 6.09 Å². The Labute approximate surface area is 205 Å². The Kier molecular flexibility index (Phi) is 9.34. The number of carbonyl (C=O) groups excluding carboxylic acids is 4. The summed E-state index contributed by atoms with van der Waals surface area (Å²) >= 11 is 0. The fourth-order valence-electron chi connectivity index (χ4n) is 3.86. The van der Waals surface area contributed by atoms with Crippen LogP contribution >= 0.6 is 0 Å². The standard InChI is InChI=1S/C26H32N4O5/c1-17(2)11-22(30-26(34)35-16-18-7-4-3-5-8-18)24(32)29-21-13-20-12-19(14-27-15-20)9-6-10-28-25(33)23(21)31/h3-5,7-8,12,14-15,17,21-22H,6,9-11,13,16H2,1-2H3,(H,28,33)(H,29,32)(H,30,34). The molecule has 2 aromatic rings. The number of fused-ring (bicyclic) bond motifs is 2. The molecule has 0 fully saturated rings. The Morgan fingerprint density at radius 2 is 1.89 bits per heavy atom. The van der Waals surface area contributed by atoms with Crippen molar-refractivity contribution in [3.8, 4) is 0 Å². The van der Waals surface area contributed by atoms with E-state index in [0.29, 0.717) is 19.4 Å². The zero-order valence-electron chi connectivity index (χ0n) is 20.1. The highest BCUT2D eigenvalue weighted by Crippen LogP contribution is 2.12. The Hall–Kier alpha value is -3.75.